The molecule has 0 spiro atoms. The second kappa shape index (κ2) is 6.68. The molecule has 1 N–H and O–H groups in total. The molecule has 0 radical (unpaired) electrons. The molecule has 0 saturated heterocycles. The highest BCUT2D eigenvalue weighted by atomic mass is 32.1. The van der Waals surface area contributed by atoms with Crippen LogP contribution in [0.15, 0.2) is 35.0 Å². The molecule has 4 heteroatoms. The summed E-state index contributed by atoms with van der Waals surface area (Å²) in [6.07, 6.45) is 0.895. The Hall–Kier alpha value is -1.39. The third-order valence-corrected chi connectivity index (χ3v) is 3.78. The maximum atomic E-state index is 13.5. The summed E-state index contributed by atoms with van der Waals surface area (Å²) in [6, 6.07) is 7.35. The fourth-order valence-corrected chi connectivity index (χ4v) is 2.77. The first-order valence-corrected chi connectivity index (χ1v) is 7.26. The average Bonchev–Trinajstić information content (AvgIpc) is 2.92. The summed E-state index contributed by atoms with van der Waals surface area (Å²) in [5, 5.41) is 7.65. The van der Waals surface area contributed by atoms with Crippen LogP contribution in [0, 0.1) is 5.82 Å². The summed E-state index contributed by atoms with van der Waals surface area (Å²) in [5.74, 6) is -0.0252. The Morgan fingerprint density at radius 3 is 2.84 bits per heavy atom. The lowest BCUT2D eigenvalue weighted by Crippen LogP contribution is -2.22. The fourth-order valence-electron chi connectivity index (χ4n) is 2.09. The maximum absolute atomic E-state index is 13.5. The lowest BCUT2D eigenvalue weighted by molar-refractivity contribution is 0.384. The van der Waals surface area contributed by atoms with E-state index in [9.17, 15) is 4.39 Å². The van der Waals surface area contributed by atoms with E-state index in [0.717, 1.165) is 18.5 Å². The summed E-state index contributed by atoms with van der Waals surface area (Å²) in [4.78, 5) is 0. The van der Waals surface area contributed by atoms with Crippen molar-refractivity contribution in [3.63, 3.8) is 0 Å². The van der Waals surface area contributed by atoms with E-state index in [2.05, 4.69) is 29.1 Å². The second-order valence-corrected chi connectivity index (χ2v) is 5.12. The first kappa shape index (κ1) is 14.0. The van der Waals surface area contributed by atoms with Gasteiger partial charge in [-0.05, 0) is 53.1 Å². The van der Waals surface area contributed by atoms with Crippen LogP contribution >= 0.6 is 11.3 Å². The van der Waals surface area contributed by atoms with Gasteiger partial charge in [0.1, 0.15) is 0 Å². The highest BCUT2D eigenvalue weighted by molar-refractivity contribution is 7.07. The van der Waals surface area contributed by atoms with Crippen molar-refractivity contribution < 1.29 is 9.13 Å². The van der Waals surface area contributed by atoms with E-state index in [1.165, 1.54) is 18.7 Å². The number of nitrogens with one attached hydrogen (secondary N) is 1. The summed E-state index contributed by atoms with van der Waals surface area (Å²) < 4.78 is 18.5. The Kier molecular flexibility index (Phi) is 4.93. The number of methoxy groups -OCH3 is 1. The summed E-state index contributed by atoms with van der Waals surface area (Å²) in [7, 11) is 1.49. The van der Waals surface area contributed by atoms with Crippen molar-refractivity contribution >= 4 is 11.3 Å². The van der Waals surface area contributed by atoms with Crippen molar-refractivity contribution in [2.75, 3.05) is 13.7 Å². The van der Waals surface area contributed by atoms with Crippen LogP contribution in [-0.2, 0) is 6.42 Å². The number of rotatable bonds is 6. The van der Waals surface area contributed by atoms with Crippen LogP contribution in [-0.4, -0.2) is 13.7 Å². The standard InChI is InChI=1S/C15H18FNOS/c1-3-17-14(8-11-6-7-19-10-11)12-4-5-13(16)15(9-12)18-2/h4-7,9-10,14,17H,3,8H2,1-2H3. The molecule has 0 saturated carbocycles. The summed E-state index contributed by atoms with van der Waals surface area (Å²) in [5.41, 5.74) is 2.34. The molecule has 2 rings (SSSR count). The molecule has 1 heterocycles. The van der Waals surface area contributed by atoms with E-state index in [1.807, 2.05) is 6.07 Å². The number of likely N-dealkylation sites (N-methyl/N-ethyl adjacent to an activating group) is 1. The SMILES string of the molecule is CCNC(Cc1ccsc1)c1ccc(F)c(OC)c1. The van der Waals surface area contributed by atoms with Crippen LogP contribution in [0.2, 0.25) is 0 Å². The predicted octanol–water partition coefficient (Wildman–Crippen LogP) is 3.79. The topological polar surface area (TPSA) is 21.3 Å². The highest BCUT2D eigenvalue weighted by Crippen LogP contribution is 2.25. The first-order chi connectivity index (χ1) is 9.24. The van der Waals surface area contributed by atoms with Gasteiger partial charge in [-0.1, -0.05) is 13.0 Å². The van der Waals surface area contributed by atoms with E-state index in [-0.39, 0.29) is 11.9 Å². The molecule has 1 atom stereocenters. The predicted molar refractivity (Wildman–Crippen MR) is 77.4 cm³/mol. The minimum absolute atomic E-state index is 0.175. The minimum Gasteiger partial charge on any atom is -0.494 e. The van der Waals surface area contributed by atoms with E-state index in [1.54, 1.807) is 17.4 Å². The molecule has 1 aromatic heterocycles. The van der Waals surface area contributed by atoms with Gasteiger partial charge in [0.15, 0.2) is 11.6 Å². The lowest BCUT2D eigenvalue weighted by atomic mass is 10.00. The van der Waals surface area contributed by atoms with Gasteiger partial charge in [-0.3, -0.25) is 0 Å². The fraction of sp³-hybridized carbons (Fsp3) is 0.333. The molecule has 0 amide bonds. The van der Waals surface area contributed by atoms with E-state index >= 15 is 0 Å². The van der Waals surface area contributed by atoms with E-state index < -0.39 is 0 Å². The van der Waals surface area contributed by atoms with Gasteiger partial charge in [-0.25, -0.2) is 4.39 Å². The average molecular weight is 279 g/mol. The van der Waals surface area contributed by atoms with Crippen molar-refractivity contribution in [3.8, 4) is 5.75 Å². The van der Waals surface area contributed by atoms with Crippen molar-refractivity contribution in [2.24, 2.45) is 0 Å². The van der Waals surface area contributed by atoms with Crippen molar-refractivity contribution in [1.29, 1.82) is 0 Å². The number of benzene rings is 1. The molecule has 1 unspecified atom stereocenters. The van der Waals surface area contributed by atoms with Crippen LogP contribution in [0.1, 0.15) is 24.1 Å². The summed E-state index contributed by atoms with van der Waals surface area (Å²) >= 11 is 1.69. The maximum Gasteiger partial charge on any atom is 0.165 e. The number of hydrogen-bond donors (Lipinski definition) is 1. The molecule has 0 aliphatic heterocycles. The number of thiophene rings is 1. The van der Waals surface area contributed by atoms with Crippen LogP contribution in [0.3, 0.4) is 0 Å². The van der Waals surface area contributed by atoms with Gasteiger partial charge in [0.05, 0.1) is 7.11 Å². The Bertz CT molecular complexity index is 513. The highest BCUT2D eigenvalue weighted by Gasteiger charge is 2.14. The van der Waals surface area contributed by atoms with Gasteiger partial charge in [-0.2, -0.15) is 11.3 Å². The molecule has 2 nitrogen and oxygen atoms in total. The zero-order chi connectivity index (χ0) is 13.7. The van der Waals surface area contributed by atoms with Crippen LogP contribution < -0.4 is 10.1 Å². The molecule has 0 aliphatic rings. The second-order valence-electron chi connectivity index (χ2n) is 4.34. The molecular weight excluding hydrogens is 261 g/mol. The van der Waals surface area contributed by atoms with Gasteiger partial charge in [0, 0.05) is 6.04 Å². The van der Waals surface area contributed by atoms with Crippen molar-refractivity contribution in [2.45, 2.75) is 19.4 Å². The van der Waals surface area contributed by atoms with Gasteiger partial charge < -0.3 is 10.1 Å². The van der Waals surface area contributed by atoms with Crippen LogP contribution in [0.4, 0.5) is 4.39 Å². The van der Waals surface area contributed by atoms with Crippen molar-refractivity contribution in [1.82, 2.24) is 5.32 Å². The molecule has 1 aromatic carbocycles. The first-order valence-electron chi connectivity index (χ1n) is 6.32. The minimum atomic E-state index is -0.322. The number of halogens is 1. The largest absolute Gasteiger partial charge is 0.494 e. The zero-order valence-electron chi connectivity index (χ0n) is 11.2. The smallest absolute Gasteiger partial charge is 0.165 e. The summed E-state index contributed by atoms with van der Waals surface area (Å²) in [6.45, 7) is 2.94. The van der Waals surface area contributed by atoms with Crippen molar-refractivity contribution in [3.05, 3.63) is 52.0 Å². The van der Waals surface area contributed by atoms with Gasteiger partial charge in [0.25, 0.3) is 0 Å². The van der Waals surface area contributed by atoms with E-state index in [4.69, 9.17) is 4.74 Å². The van der Waals surface area contributed by atoms with Gasteiger partial charge in [0.2, 0.25) is 0 Å². The molecule has 2 aromatic rings. The number of hydrogen-bond acceptors (Lipinski definition) is 3. The lowest BCUT2D eigenvalue weighted by Gasteiger charge is -2.18. The monoisotopic (exact) mass is 279 g/mol. The Labute approximate surface area is 117 Å². The Morgan fingerprint density at radius 2 is 2.21 bits per heavy atom. The third-order valence-electron chi connectivity index (χ3n) is 3.05. The van der Waals surface area contributed by atoms with Gasteiger partial charge >= 0.3 is 0 Å². The zero-order valence-corrected chi connectivity index (χ0v) is 12.0. The Balaban J connectivity index is 2.22. The molecular formula is C15H18FNOS. The molecule has 19 heavy (non-hydrogen) atoms. The molecule has 0 fully saturated rings. The van der Waals surface area contributed by atoms with Crippen LogP contribution in [0.5, 0.6) is 5.75 Å². The number of ether oxygens (including phenoxy) is 1. The van der Waals surface area contributed by atoms with Crippen LogP contribution in [0.25, 0.3) is 0 Å². The normalized spacial score (nSPS) is 12.4. The molecule has 102 valence electrons. The van der Waals surface area contributed by atoms with Gasteiger partial charge in [-0.15, -0.1) is 0 Å². The third kappa shape index (κ3) is 3.55. The van der Waals surface area contributed by atoms with E-state index in [0.29, 0.717) is 5.75 Å². The Morgan fingerprint density at radius 1 is 1.37 bits per heavy atom. The molecule has 0 aliphatic carbocycles. The quantitative estimate of drug-likeness (QED) is 0.868. The molecule has 0 bridgehead atoms.